The number of aliphatic hydroxyl groups excluding tert-OH is 1. The van der Waals surface area contributed by atoms with Crippen molar-refractivity contribution in [3.63, 3.8) is 0 Å². The van der Waals surface area contributed by atoms with Gasteiger partial charge in [-0.25, -0.2) is 0 Å². The third kappa shape index (κ3) is 0.575. The molecule has 3 nitrogen and oxygen atoms in total. The van der Waals surface area contributed by atoms with E-state index in [1.807, 2.05) is 0 Å². The predicted molar refractivity (Wildman–Crippen MR) is 33.5 cm³/mol. The number of hydrogen-bond acceptors (Lipinski definition) is 3. The highest BCUT2D eigenvalue weighted by atomic mass is 16.3. The first-order valence-corrected chi connectivity index (χ1v) is 2.97. The minimum Gasteiger partial charge on any atom is -0.512 e. The van der Waals surface area contributed by atoms with E-state index in [9.17, 15) is 0 Å². The monoisotopic (exact) mass is 124 g/mol. The zero-order valence-electron chi connectivity index (χ0n) is 4.94. The predicted octanol–water partition coefficient (Wildman–Crippen LogP) is 0.194. The maximum absolute atomic E-state index is 8.97. The Balaban J connectivity index is 2.28. The van der Waals surface area contributed by atoms with Crippen molar-refractivity contribution in [2.24, 2.45) is 0 Å². The second-order valence-corrected chi connectivity index (χ2v) is 2.24. The van der Waals surface area contributed by atoms with Crippen molar-refractivity contribution in [1.82, 2.24) is 10.6 Å². The molecule has 0 spiro atoms. The summed E-state index contributed by atoms with van der Waals surface area (Å²) < 4.78 is 0. The van der Waals surface area contributed by atoms with Gasteiger partial charge in [0.05, 0.1) is 12.4 Å². The van der Waals surface area contributed by atoms with Gasteiger partial charge in [-0.3, -0.25) is 0 Å². The van der Waals surface area contributed by atoms with Gasteiger partial charge >= 0.3 is 0 Å². The van der Waals surface area contributed by atoms with Gasteiger partial charge in [0.25, 0.3) is 0 Å². The standard InChI is InChI=1S/C6H8N2O/c9-4-1-5-6(2-4)8-3-7-5/h1,7-9H,2-3H2. The van der Waals surface area contributed by atoms with Gasteiger partial charge in [-0.1, -0.05) is 0 Å². The van der Waals surface area contributed by atoms with E-state index in [2.05, 4.69) is 10.6 Å². The summed E-state index contributed by atoms with van der Waals surface area (Å²) in [6.45, 7) is 0.800. The van der Waals surface area contributed by atoms with E-state index < -0.39 is 0 Å². The average molecular weight is 124 g/mol. The van der Waals surface area contributed by atoms with Crippen molar-refractivity contribution in [3.05, 3.63) is 23.2 Å². The van der Waals surface area contributed by atoms with Gasteiger partial charge < -0.3 is 15.7 Å². The zero-order valence-corrected chi connectivity index (χ0v) is 4.94. The van der Waals surface area contributed by atoms with Gasteiger partial charge in [0.1, 0.15) is 5.76 Å². The summed E-state index contributed by atoms with van der Waals surface area (Å²) in [4.78, 5) is 0. The number of hydrogen-bond donors (Lipinski definition) is 3. The highest BCUT2D eigenvalue weighted by molar-refractivity contribution is 5.36. The largest absolute Gasteiger partial charge is 0.512 e. The molecule has 0 aromatic rings. The van der Waals surface area contributed by atoms with Crippen LogP contribution < -0.4 is 10.6 Å². The normalized spacial score (nSPS) is 22.9. The van der Waals surface area contributed by atoms with Gasteiger partial charge in [-0.2, -0.15) is 0 Å². The van der Waals surface area contributed by atoms with Crippen molar-refractivity contribution in [3.8, 4) is 0 Å². The van der Waals surface area contributed by atoms with Crippen molar-refractivity contribution in [1.29, 1.82) is 0 Å². The zero-order chi connectivity index (χ0) is 6.27. The van der Waals surface area contributed by atoms with Gasteiger partial charge in [0.2, 0.25) is 0 Å². The molecule has 3 N–H and O–H groups in total. The summed E-state index contributed by atoms with van der Waals surface area (Å²) in [5.74, 6) is 0.444. The number of nitrogens with one attached hydrogen (secondary N) is 2. The van der Waals surface area contributed by atoms with Crippen LogP contribution in [-0.4, -0.2) is 11.8 Å². The van der Waals surface area contributed by atoms with Crippen LogP contribution in [0.1, 0.15) is 6.42 Å². The first-order chi connectivity index (χ1) is 4.36. The quantitative estimate of drug-likeness (QED) is 0.432. The fourth-order valence-electron chi connectivity index (χ4n) is 1.14. The molecule has 0 saturated carbocycles. The molecule has 0 aromatic carbocycles. The van der Waals surface area contributed by atoms with Crippen molar-refractivity contribution < 1.29 is 5.11 Å². The second kappa shape index (κ2) is 1.43. The van der Waals surface area contributed by atoms with Gasteiger partial charge in [0, 0.05) is 18.2 Å². The average Bonchev–Trinajstić information content (AvgIpc) is 2.22. The Morgan fingerprint density at radius 2 is 2.33 bits per heavy atom. The molecule has 2 aliphatic rings. The third-order valence-corrected chi connectivity index (χ3v) is 1.57. The molecular weight excluding hydrogens is 116 g/mol. The molecule has 0 aromatic heterocycles. The lowest BCUT2D eigenvalue weighted by molar-refractivity contribution is 0.399. The Kier molecular flexibility index (Phi) is 0.754. The van der Waals surface area contributed by atoms with E-state index in [4.69, 9.17) is 5.11 Å². The molecule has 3 heteroatoms. The van der Waals surface area contributed by atoms with Gasteiger partial charge in [-0.05, 0) is 0 Å². The lowest BCUT2D eigenvalue weighted by Gasteiger charge is -1.97. The van der Waals surface area contributed by atoms with Gasteiger partial charge in [-0.15, -0.1) is 0 Å². The maximum atomic E-state index is 8.97. The lowest BCUT2D eigenvalue weighted by atomic mass is 10.3. The lowest BCUT2D eigenvalue weighted by Crippen LogP contribution is -2.16. The van der Waals surface area contributed by atoms with E-state index in [-0.39, 0.29) is 0 Å². The Morgan fingerprint density at radius 3 is 3.11 bits per heavy atom. The molecule has 1 aliphatic heterocycles. The molecule has 0 radical (unpaired) electrons. The molecule has 0 amide bonds. The molecule has 0 atom stereocenters. The van der Waals surface area contributed by atoms with Crippen LogP contribution in [0.25, 0.3) is 0 Å². The molecule has 2 rings (SSSR count). The van der Waals surface area contributed by atoms with Crippen LogP contribution in [0.5, 0.6) is 0 Å². The van der Waals surface area contributed by atoms with Crippen molar-refractivity contribution in [2.75, 3.05) is 6.67 Å². The smallest absolute Gasteiger partial charge is 0.100 e. The highest BCUT2D eigenvalue weighted by Crippen LogP contribution is 2.21. The minimum atomic E-state index is 0.444. The van der Waals surface area contributed by atoms with Crippen LogP contribution in [0.15, 0.2) is 23.2 Å². The molecule has 0 bridgehead atoms. The molecular formula is C6H8N2O. The Labute approximate surface area is 53.1 Å². The van der Waals surface area contributed by atoms with Crippen molar-refractivity contribution in [2.45, 2.75) is 6.42 Å². The summed E-state index contributed by atoms with van der Waals surface area (Å²) in [6.07, 6.45) is 2.43. The van der Waals surface area contributed by atoms with Gasteiger partial charge in [0.15, 0.2) is 0 Å². The van der Waals surface area contributed by atoms with E-state index in [1.165, 1.54) is 0 Å². The number of rotatable bonds is 0. The first-order valence-electron chi connectivity index (χ1n) is 2.97. The summed E-state index contributed by atoms with van der Waals surface area (Å²) in [5, 5.41) is 15.2. The number of aliphatic hydroxyl groups is 1. The second-order valence-electron chi connectivity index (χ2n) is 2.24. The first kappa shape index (κ1) is 4.73. The van der Waals surface area contributed by atoms with Crippen LogP contribution in [0.2, 0.25) is 0 Å². The molecule has 0 unspecified atom stereocenters. The summed E-state index contributed by atoms with van der Waals surface area (Å²) in [5.41, 5.74) is 2.17. The van der Waals surface area contributed by atoms with E-state index in [0.717, 1.165) is 18.1 Å². The van der Waals surface area contributed by atoms with Crippen LogP contribution in [0.3, 0.4) is 0 Å². The molecule has 9 heavy (non-hydrogen) atoms. The Bertz CT molecular complexity index is 205. The van der Waals surface area contributed by atoms with Crippen molar-refractivity contribution >= 4 is 0 Å². The summed E-state index contributed by atoms with van der Waals surface area (Å²) >= 11 is 0. The Morgan fingerprint density at radius 1 is 1.44 bits per heavy atom. The van der Waals surface area contributed by atoms with Crippen LogP contribution in [-0.2, 0) is 0 Å². The summed E-state index contributed by atoms with van der Waals surface area (Å²) in [7, 11) is 0. The fourth-order valence-corrected chi connectivity index (χ4v) is 1.14. The molecule has 0 saturated heterocycles. The third-order valence-electron chi connectivity index (χ3n) is 1.57. The Hall–Kier alpha value is -1.12. The molecule has 0 fully saturated rings. The van der Waals surface area contributed by atoms with E-state index >= 15 is 0 Å². The number of allylic oxidation sites excluding steroid dienone is 1. The van der Waals surface area contributed by atoms with Crippen LogP contribution in [0.4, 0.5) is 0 Å². The summed E-state index contributed by atoms with van der Waals surface area (Å²) in [6, 6.07) is 0. The van der Waals surface area contributed by atoms with Crippen LogP contribution >= 0.6 is 0 Å². The topological polar surface area (TPSA) is 44.3 Å². The van der Waals surface area contributed by atoms with E-state index in [1.54, 1.807) is 6.08 Å². The fraction of sp³-hybridized carbons (Fsp3) is 0.333. The molecule has 48 valence electrons. The highest BCUT2D eigenvalue weighted by Gasteiger charge is 2.18. The minimum absolute atomic E-state index is 0.444. The maximum Gasteiger partial charge on any atom is 0.100 e. The molecule has 1 aliphatic carbocycles. The SMILES string of the molecule is OC1=CC2=C(C1)NCN2. The van der Waals surface area contributed by atoms with Crippen LogP contribution in [0, 0.1) is 0 Å². The van der Waals surface area contributed by atoms with E-state index in [0.29, 0.717) is 12.2 Å². The molecule has 1 heterocycles.